The molecule has 8 heteroatoms. The number of anilines is 1. The maximum Gasteiger partial charge on any atom is 0.227 e. The van der Waals surface area contributed by atoms with Crippen molar-refractivity contribution in [1.82, 2.24) is 10.3 Å². The third-order valence-electron chi connectivity index (χ3n) is 6.52. The zero-order chi connectivity index (χ0) is 26.7. The molecule has 1 atom stereocenters. The van der Waals surface area contributed by atoms with Crippen molar-refractivity contribution in [2.24, 2.45) is 16.6 Å². The van der Waals surface area contributed by atoms with Gasteiger partial charge in [0.05, 0.1) is 6.54 Å². The lowest BCUT2D eigenvalue weighted by Crippen LogP contribution is -2.28. The molecule has 200 valence electrons. The summed E-state index contributed by atoms with van der Waals surface area (Å²) in [5, 5.41) is 6.19. The van der Waals surface area contributed by atoms with Gasteiger partial charge in [0.25, 0.3) is 0 Å². The first-order valence-electron chi connectivity index (χ1n) is 13.3. The summed E-state index contributed by atoms with van der Waals surface area (Å²) in [5.74, 6) is 2.85. The van der Waals surface area contributed by atoms with Crippen molar-refractivity contribution in [3.63, 3.8) is 0 Å². The molecule has 0 saturated carbocycles. The van der Waals surface area contributed by atoms with Crippen LogP contribution in [0.2, 0.25) is 0 Å². The molecule has 0 bridgehead atoms. The third kappa shape index (κ3) is 7.82. The number of hydrogen-bond donors (Lipinski definition) is 3. The number of nitrogens with zero attached hydrogens (tertiary/aromatic N) is 2. The van der Waals surface area contributed by atoms with Crippen molar-refractivity contribution in [3.8, 4) is 11.5 Å². The minimum absolute atomic E-state index is 0.0736. The molecule has 0 radical (unpaired) electrons. The van der Waals surface area contributed by atoms with Crippen LogP contribution in [-0.4, -0.2) is 42.6 Å². The molecule has 1 aliphatic carbocycles. The molecule has 0 saturated heterocycles. The van der Waals surface area contributed by atoms with Crippen molar-refractivity contribution in [2.45, 2.75) is 43.9 Å². The number of amidine groups is 1. The molecule has 0 aliphatic heterocycles. The highest BCUT2D eigenvalue weighted by molar-refractivity contribution is 7.99. The number of nitrogens with two attached hydrogens (primary N) is 1. The normalized spacial score (nSPS) is 15.1. The molecule has 0 fully saturated rings. The van der Waals surface area contributed by atoms with Crippen LogP contribution in [0.15, 0.2) is 70.7 Å². The Kier molecular flexibility index (Phi) is 10.2. The van der Waals surface area contributed by atoms with Gasteiger partial charge in [0, 0.05) is 35.3 Å². The molecule has 1 heterocycles. The van der Waals surface area contributed by atoms with E-state index < -0.39 is 0 Å². The van der Waals surface area contributed by atoms with E-state index in [9.17, 15) is 4.79 Å². The van der Waals surface area contributed by atoms with Gasteiger partial charge in [0.15, 0.2) is 0 Å². The zero-order valence-electron chi connectivity index (χ0n) is 22.2. The minimum Gasteiger partial charge on any atom is -0.457 e. The molecule has 4 N–H and O–H groups in total. The van der Waals surface area contributed by atoms with Crippen LogP contribution in [0, 0.1) is 5.92 Å². The largest absolute Gasteiger partial charge is 0.457 e. The second-order valence-corrected chi connectivity index (χ2v) is 10.6. The van der Waals surface area contributed by atoms with Crippen LogP contribution >= 0.6 is 11.8 Å². The summed E-state index contributed by atoms with van der Waals surface area (Å²) in [5.41, 5.74) is 9.96. The molecule has 1 aliphatic rings. The predicted molar refractivity (Wildman–Crippen MR) is 156 cm³/mol. The van der Waals surface area contributed by atoms with Crippen molar-refractivity contribution < 1.29 is 9.53 Å². The number of aliphatic imine (C=N–C) groups is 1. The van der Waals surface area contributed by atoms with Gasteiger partial charge in [-0.3, -0.25) is 14.8 Å². The Morgan fingerprint density at radius 1 is 1.16 bits per heavy atom. The van der Waals surface area contributed by atoms with Crippen LogP contribution in [0.25, 0.3) is 0 Å². The molecule has 1 amide bonds. The van der Waals surface area contributed by atoms with Crippen LogP contribution in [0.4, 0.5) is 5.69 Å². The molecule has 7 nitrogen and oxygen atoms in total. The summed E-state index contributed by atoms with van der Waals surface area (Å²) >= 11 is 1.84. The lowest BCUT2D eigenvalue weighted by Gasteiger charge is -2.24. The number of carbonyl (C=O) groups excluding carboxylic acids is 1. The van der Waals surface area contributed by atoms with Gasteiger partial charge in [-0.25, -0.2) is 0 Å². The maximum absolute atomic E-state index is 13.1. The number of pyridine rings is 1. The van der Waals surface area contributed by atoms with Crippen LogP contribution in [0.1, 0.15) is 43.0 Å². The lowest BCUT2D eigenvalue weighted by atomic mass is 9.83. The van der Waals surface area contributed by atoms with E-state index in [0.29, 0.717) is 30.2 Å². The number of nitrogens with one attached hydrogen (secondary N) is 2. The molecule has 0 spiro atoms. The Morgan fingerprint density at radius 3 is 2.87 bits per heavy atom. The van der Waals surface area contributed by atoms with Crippen molar-refractivity contribution >= 4 is 29.2 Å². The predicted octanol–water partition coefficient (Wildman–Crippen LogP) is 5.43. The van der Waals surface area contributed by atoms with E-state index in [1.165, 1.54) is 23.3 Å². The fourth-order valence-corrected chi connectivity index (χ4v) is 5.44. The fraction of sp³-hybridized carbons (Fsp3) is 0.367. The molecule has 4 rings (SSSR count). The number of thioether (sulfide) groups is 1. The Balaban J connectivity index is 1.39. The fourth-order valence-electron chi connectivity index (χ4n) is 4.38. The topological polar surface area (TPSA) is 102 Å². The number of likely N-dealkylation sites (N-methyl/N-ethyl adjacent to an activating group) is 1. The van der Waals surface area contributed by atoms with Crippen LogP contribution < -0.4 is 21.1 Å². The van der Waals surface area contributed by atoms with Gasteiger partial charge in [0.1, 0.15) is 23.0 Å². The van der Waals surface area contributed by atoms with Gasteiger partial charge in [-0.15, -0.1) is 11.8 Å². The van der Waals surface area contributed by atoms with Gasteiger partial charge in [0.2, 0.25) is 5.91 Å². The lowest BCUT2D eigenvalue weighted by molar-refractivity contribution is -0.120. The van der Waals surface area contributed by atoms with Gasteiger partial charge in [-0.2, -0.15) is 0 Å². The first-order chi connectivity index (χ1) is 18.6. The highest BCUT2D eigenvalue weighted by atomic mass is 32.2. The number of rotatable bonds is 12. The van der Waals surface area contributed by atoms with Crippen molar-refractivity contribution in [3.05, 3.63) is 77.6 Å². The smallest absolute Gasteiger partial charge is 0.227 e. The average Bonchev–Trinajstić information content (AvgIpc) is 2.93. The second-order valence-electron chi connectivity index (χ2n) is 9.44. The molecular weight excluding hydrogens is 494 g/mol. The summed E-state index contributed by atoms with van der Waals surface area (Å²) in [7, 11) is 1.87. The number of ether oxygens (including phenoxy) is 1. The van der Waals surface area contributed by atoms with E-state index >= 15 is 0 Å². The van der Waals surface area contributed by atoms with Gasteiger partial charge >= 0.3 is 0 Å². The van der Waals surface area contributed by atoms with E-state index in [-0.39, 0.29) is 11.8 Å². The van der Waals surface area contributed by atoms with Crippen LogP contribution in [0.3, 0.4) is 0 Å². The monoisotopic (exact) mass is 531 g/mol. The SMILES string of the molecule is CCCCSc1cccc(NC(=O)C2CCc3ccc(Oc4ccnc(C(N)=NCCNC)c4)cc3C2)c1. The van der Waals surface area contributed by atoms with Crippen LogP contribution in [0.5, 0.6) is 11.5 Å². The van der Waals surface area contributed by atoms with Gasteiger partial charge < -0.3 is 21.1 Å². The van der Waals surface area contributed by atoms with E-state index in [4.69, 9.17) is 10.5 Å². The number of aryl methyl sites for hydroxylation is 1. The minimum atomic E-state index is -0.0738. The maximum atomic E-state index is 13.1. The Bertz CT molecular complexity index is 1260. The number of fused-ring (bicyclic) bond motifs is 1. The molecule has 1 aromatic heterocycles. The summed E-state index contributed by atoms with van der Waals surface area (Å²) < 4.78 is 6.14. The van der Waals surface area contributed by atoms with Gasteiger partial charge in [-0.1, -0.05) is 25.5 Å². The number of benzene rings is 2. The van der Waals surface area contributed by atoms with Crippen molar-refractivity contribution in [2.75, 3.05) is 31.2 Å². The van der Waals surface area contributed by atoms with Crippen LogP contribution in [-0.2, 0) is 17.6 Å². The summed E-state index contributed by atoms with van der Waals surface area (Å²) in [6.07, 6.45) is 6.44. The second kappa shape index (κ2) is 14.0. The van der Waals surface area contributed by atoms with E-state index in [1.54, 1.807) is 18.3 Å². The van der Waals surface area contributed by atoms with E-state index in [0.717, 1.165) is 42.1 Å². The molecular formula is C30H37N5O2S. The number of unbranched alkanes of at least 4 members (excludes halogenated alkanes) is 1. The first kappa shape index (κ1) is 27.7. The molecule has 2 aromatic carbocycles. The summed E-state index contributed by atoms with van der Waals surface area (Å²) in [6, 6.07) is 17.9. The number of carbonyl (C=O) groups is 1. The Labute approximate surface area is 229 Å². The summed E-state index contributed by atoms with van der Waals surface area (Å²) in [6.45, 7) is 3.53. The number of aromatic nitrogens is 1. The quantitative estimate of drug-likeness (QED) is 0.125. The third-order valence-corrected chi connectivity index (χ3v) is 7.60. The van der Waals surface area contributed by atoms with Crippen molar-refractivity contribution in [1.29, 1.82) is 0 Å². The van der Waals surface area contributed by atoms with E-state index in [2.05, 4.69) is 45.7 Å². The first-order valence-corrected chi connectivity index (χ1v) is 14.3. The summed E-state index contributed by atoms with van der Waals surface area (Å²) in [4.78, 5) is 23.0. The standard InChI is InChI=1S/C30H37N5O2S/c1-3-4-16-38-27-7-5-6-24(19-27)35-30(36)22-9-8-21-10-11-25(18-23(21)17-22)37-26-12-13-33-28(20-26)29(31)34-15-14-32-2/h5-7,10-13,18-20,22,32H,3-4,8-9,14-17H2,1-2H3,(H2,31,34)(H,35,36). The highest BCUT2D eigenvalue weighted by Crippen LogP contribution is 2.32. The van der Waals surface area contributed by atoms with E-state index in [1.807, 2.05) is 43.1 Å². The Morgan fingerprint density at radius 2 is 2.03 bits per heavy atom. The molecule has 1 unspecified atom stereocenters. The average molecular weight is 532 g/mol. The Hall–Kier alpha value is -3.36. The van der Waals surface area contributed by atoms with Gasteiger partial charge in [-0.05, 0) is 86.0 Å². The molecule has 38 heavy (non-hydrogen) atoms. The number of hydrogen-bond acceptors (Lipinski definition) is 6. The molecule has 3 aromatic rings. The zero-order valence-corrected chi connectivity index (χ0v) is 23.0. The highest BCUT2D eigenvalue weighted by Gasteiger charge is 2.25. The number of amides is 1.